The van der Waals surface area contributed by atoms with Crippen molar-refractivity contribution in [2.45, 2.75) is 26.8 Å². The molecule has 120 valence electrons. The zero-order valence-electron chi connectivity index (χ0n) is 13.5. The van der Waals surface area contributed by atoms with E-state index in [-0.39, 0.29) is 5.56 Å². The summed E-state index contributed by atoms with van der Waals surface area (Å²) in [5.41, 5.74) is 1.49. The molecule has 0 saturated carbocycles. The van der Waals surface area contributed by atoms with Gasteiger partial charge in [-0.1, -0.05) is 26.0 Å². The van der Waals surface area contributed by atoms with Crippen LogP contribution in [0.3, 0.4) is 0 Å². The smallest absolute Gasteiger partial charge is 0.294 e. The first-order valence-corrected chi connectivity index (χ1v) is 8.23. The van der Waals surface area contributed by atoms with Crippen molar-refractivity contribution >= 4 is 22.1 Å². The van der Waals surface area contributed by atoms with E-state index in [1.54, 1.807) is 0 Å². The number of hydrogen-bond donors (Lipinski definition) is 1. The number of benzene rings is 1. The molecule has 4 rings (SSSR count). The maximum atomic E-state index is 12.3. The van der Waals surface area contributed by atoms with Crippen LogP contribution in [-0.4, -0.2) is 28.0 Å². The first-order chi connectivity index (χ1) is 11.1. The number of fused-ring (bicyclic) bond motifs is 3. The summed E-state index contributed by atoms with van der Waals surface area (Å²) in [4.78, 5) is 22.3. The number of hydrogen-bond acceptors (Lipinski definition) is 4. The summed E-state index contributed by atoms with van der Waals surface area (Å²) in [6.07, 6.45) is 1.27. The number of para-hydroxylation sites is 1. The first-order valence-electron chi connectivity index (χ1n) is 8.23. The van der Waals surface area contributed by atoms with Crippen molar-refractivity contribution in [3.63, 3.8) is 0 Å². The minimum atomic E-state index is -0.195. The molecule has 2 atom stereocenters. The summed E-state index contributed by atoms with van der Waals surface area (Å²) in [6, 6.07) is 7.65. The Bertz CT molecular complexity index is 901. The van der Waals surface area contributed by atoms with Gasteiger partial charge in [-0.25, -0.2) is 4.98 Å². The Balaban J connectivity index is 1.73. The largest absolute Gasteiger partial charge is 0.449 e. The van der Waals surface area contributed by atoms with E-state index in [4.69, 9.17) is 4.42 Å². The molecule has 3 aromatic rings. The van der Waals surface area contributed by atoms with E-state index < -0.39 is 0 Å². The highest BCUT2D eigenvalue weighted by molar-refractivity contribution is 6.01. The Morgan fingerprint density at radius 2 is 2.00 bits per heavy atom. The third-order valence-electron chi connectivity index (χ3n) is 4.60. The Kier molecular flexibility index (Phi) is 3.45. The number of H-pyrrole nitrogens is 1. The molecule has 1 N–H and O–H groups in total. The maximum absolute atomic E-state index is 12.3. The lowest BCUT2D eigenvalue weighted by Crippen LogP contribution is -2.38. The SMILES string of the molecule is C[C@@H]1C[C@@H](C)CN(Cc2nc3c(oc4ccccc43)c(=O)[nH]2)C1. The number of piperidine rings is 1. The Morgan fingerprint density at radius 1 is 1.26 bits per heavy atom. The molecule has 0 spiro atoms. The molecule has 0 amide bonds. The van der Waals surface area contributed by atoms with Crippen molar-refractivity contribution < 1.29 is 4.42 Å². The molecule has 1 aliphatic rings. The molecule has 5 heteroatoms. The fraction of sp³-hybridized carbons (Fsp3) is 0.444. The van der Waals surface area contributed by atoms with E-state index >= 15 is 0 Å². The van der Waals surface area contributed by atoms with Crippen LogP contribution < -0.4 is 5.56 Å². The molecule has 0 bridgehead atoms. The van der Waals surface area contributed by atoms with Gasteiger partial charge in [0, 0.05) is 18.5 Å². The van der Waals surface area contributed by atoms with E-state index in [1.165, 1.54) is 6.42 Å². The zero-order valence-corrected chi connectivity index (χ0v) is 13.5. The van der Waals surface area contributed by atoms with Gasteiger partial charge >= 0.3 is 0 Å². The van der Waals surface area contributed by atoms with E-state index in [0.717, 1.165) is 24.3 Å². The predicted molar refractivity (Wildman–Crippen MR) is 90.4 cm³/mol. The van der Waals surface area contributed by atoms with Crippen molar-refractivity contribution in [2.24, 2.45) is 11.8 Å². The van der Waals surface area contributed by atoms with Gasteiger partial charge in [-0.05, 0) is 30.4 Å². The Labute approximate surface area is 134 Å². The number of nitrogens with one attached hydrogen (secondary N) is 1. The summed E-state index contributed by atoms with van der Waals surface area (Å²) in [5.74, 6) is 2.09. The number of furan rings is 1. The monoisotopic (exact) mass is 311 g/mol. The third kappa shape index (κ3) is 2.65. The average molecular weight is 311 g/mol. The van der Waals surface area contributed by atoms with Crippen LogP contribution in [0.5, 0.6) is 0 Å². The maximum Gasteiger partial charge on any atom is 0.294 e. The Morgan fingerprint density at radius 3 is 2.78 bits per heavy atom. The van der Waals surface area contributed by atoms with Crippen molar-refractivity contribution in [1.29, 1.82) is 0 Å². The number of nitrogens with zero attached hydrogens (tertiary/aromatic N) is 2. The van der Waals surface area contributed by atoms with Gasteiger partial charge in [0.2, 0.25) is 5.58 Å². The van der Waals surface area contributed by atoms with Crippen LogP contribution in [0.4, 0.5) is 0 Å². The molecular formula is C18H21N3O2. The summed E-state index contributed by atoms with van der Waals surface area (Å²) < 4.78 is 5.64. The lowest BCUT2D eigenvalue weighted by molar-refractivity contribution is 0.131. The van der Waals surface area contributed by atoms with Crippen LogP contribution in [0, 0.1) is 11.8 Å². The number of aromatic amines is 1. The van der Waals surface area contributed by atoms with E-state index in [9.17, 15) is 4.79 Å². The van der Waals surface area contributed by atoms with Gasteiger partial charge in [0.15, 0.2) is 0 Å². The van der Waals surface area contributed by atoms with Crippen molar-refractivity contribution in [1.82, 2.24) is 14.9 Å². The fourth-order valence-electron chi connectivity index (χ4n) is 3.86. The first kappa shape index (κ1) is 14.5. The molecule has 3 heterocycles. The number of rotatable bonds is 2. The van der Waals surface area contributed by atoms with Crippen LogP contribution in [0.25, 0.3) is 22.1 Å². The predicted octanol–water partition coefficient (Wildman–Crippen LogP) is 3.15. The molecular weight excluding hydrogens is 290 g/mol. The summed E-state index contributed by atoms with van der Waals surface area (Å²) in [6.45, 7) is 7.35. The number of likely N-dealkylation sites (tertiary alicyclic amines) is 1. The van der Waals surface area contributed by atoms with Gasteiger partial charge in [-0.3, -0.25) is 9.69 Å². The average Bonchev–Trinajstić information content (AvgIpc) is 2.86. The highest BCUT2D eigenvalue weighted by Crippen LogP contribution is 2.25. The van der Waals surface area contributed by atoms with Gasteiger partial charge in [-0.2, -0.15) is 0 Å². The van der Waals surface area contributed by atoms with Crippen LogP contribution in [0.15, 0.2) is 33.5 Å². The Hall–Kier alpha value is -2.14. The van der Waals surface area contributed by atoms with Gasteiger partial charge in [-0.15, -0.1) is 0 Å². The second-order valence-electron chi connectivity index (χ2n) is 6.93. The lowest BCUT2D eigenvalue weighted by atomic mass is 9.92. The molecule has 1 aliphatic heterocycles. The van der Waals surface area contributed by atoms with Crippen molar-refractivity contribution in [3.8, 4) is 0 Å². The molecule has 0 aliphatic carbocycles. The molecule has 2 aromatic heterocycles. The summed E-state index contributed by atoms with van der Waals surface area (Å²) in [5, 5.41) is 0.898. The molecule has 5 nitrogen and oxygen atoms in total. The van der Waals surface area contributed by atoms with Crippen LogP contribution in [-0.2, 0) is 6.54 Å². The normalized spacial score (nSPS) is 22.9. The topological polar surface area (TPSA) is 62.1 Å². The molecule has 23 heavy (non-hydrogen) atoms. The van der Waals surface area contributed by atoms with Crippen LogP contribution in [0.1, 0.15) is 26.1 Å². The van der Waals surface area contributed by atoms with Gasteiger partial charge in [0.05, 0.1) is 6.54 Å². The summed E-state index contributed by atoms with van der Waals surface area (Å²) >= 11 is 0. The molecule has 1 fully saturated rings. The standard InChI is InChI=1S/C18H21N3O2/c1-11-7-12(2)9-21(8-11)10-15-19-16-13-5-3-4-6-14(13)23-17(16)18(22)20-15/h3-6,11-12H,7-10H2,1-2H3,(H,19,20,22)/t11-,12-/m1/s1. The third-order valence-corrected chi connectivity index (χ3v) is 4.60. The second kappa shape index (κ2) is 5.49. The minimum absolute atomic E-state index is 0.195. The summed E-state index contributed by atoms with van der Waals surface area (Å²) in [7, 11) is 0. The van der Waals surface area contributed by atoms with Gasteiger partial charge in [0.1, 0.15) is 16.9 Å². The molecule has 0 radical (unpaired) electrons. The molecule has 1 aromatic carbocycles. The highest BCUT2D eigenvalue weighted by Gasteiger charge is 2.23. The molecule has 1 saturated heterocycles. The van der Waals surface area contributed by atoms with Crippen LogP contribution >= 0.6 is 0 Å². The quantitative estimate of drug-likeness (QED) is 0.790. The minimum Gasteiger partial charge on any atom is -0.449 e. The van der Waals surface area contributed by atoms with Gasteiger partial charge in [0.25, 0.3) is 5.56 Å². The highest BCUT2D eigenvalue weighted by atomic mass is 16.3. The van der Waals surface area contributed by atoms with E-state index in [2.05, 4.69) is 28.7 Å². The molecule has 0 unspecified atom stereocenters. The second-order valence-corrected chi connectivity index (χ2v) is 6.93. The number of aromatic nitrogens is 2. The zero-order chi connectivity index (χ0) is 16.0. The van der Waals surface area contributed by atoms with Gasteiger partial charge < -0.3 is 9.40 Å². The van der Waals surface area contributed by atoms with E-state index in [0.29, 0.717) is 35.1 Å². The fourth-order valence-corrected chi connectivity index (χ4v) is 3.86. The lowest BCUT2D eigenvalue weighted by Gasteiger charge is -2.34. The van der Waals surface area contributed by atoms with Crippen molar-refractivity contribution in [2.75, 3.05) is 13.1 Å². The van der Waals surface area contributed by atoms with Crippen molar-refractivity contribution in [3.05, 3.63) is 40.4 Å². The van der Waals surface area contributed by atoms with E-state index in [1.807, 2.05) is 24.3 Å². The van der Waals surface area contributed by atoms with Crippen LogP contribution in [0.2, 0.25) is 0 Å².